The zero-order valence-corrected chi connectivity index (χ0v) is 19.0. The van der Waals surface area contributed by atoms with Gasteiger partial charge in [-0.25, -0.2) is 9.97 Å². The lowest BCUT2D eigenvalue weighted by Gasteiger charge is -2.35. The molecule has 0 atom stereocenters. The summed E-state index contributed by atoms with van der Waals surface area (Å²) < 4.78 is 1.78. The van der Waals surface area contributed by atoms with Crippen LogP contribution < -0.4 is 4.90 Å². The van der Waals surface area contributed by atoms with Crippen molar-refractivity contribution in [3.05, 3.63) is 47.4 Å². The lowest BCUT2D eigenvalue weighted by atomic mass is 10.1. The minimum Gasteiger partial charge on any atom is -0.352 e. The van der Waals surface area contributed by atoms with E-state index >= 15 is 0 Å². The first-order valence-electron chi connectivity index (χ1n) is 11.6. The number of rotatable bonds is 4. The number of amides is 1. The van der Waals surface area contributed by atoms with Gasteiger partial charge in [0.1, 0.15) is 11.6 Å². The quantitative estimate of drug-likeness (QED) is 0.630. The van der Waals surface area contributed by atoms with Crippen LogP contribution in [0.5, 0.6) is 0 Å². The molecule has 0 N–H and O–H groups in total. The maximum atomic E-state index is 13.1. The summed E-state index contributed by atoms with van der Waals surface area (Å²) in [5, 5.41) is 5.30. The molecule has 3 aromatic rings. The monoisotopic (exact) mass is 433 g/mol. The van der Waals surface area contributed by atoms with Crippen LogP contribution in [-0.4, -0.2) is 74.7 Å². The maximum Gasteiger partial charge on any atom is 0.253 e. The van der Waals surface area contributed by atoms with E-state index in [4.69, 9.17) is 0 Å². The highest BCUT2D eigenvalue weighted by Crippen LogP contribution is 2.25. The maximum absolute atomic E-state index is 13.1. The van der Waals surface area contributed by atoms with Gasteiger partial charge in [-0.2, -0.15) is 5.10 Å². The van der Waals surface area contributed by atoms with Crippen LogP contribution in [0.2, 0.25) is 0 Å². The van der Waals surface area contributed by atoms with Gasteiger partial charge >= 0.3 is 0 Å². The Morgan fingerprint density at radius 1 is 0.938 bits per heavy atom. The zero-order chi connectivity index (χ0) is 22.1. The number of hydrogen-bond donors (Lipinski definition) is 0. The van der Waals surface area contributed by atoms with E-state index in [9.17, 15) is 4.79 Å². The van der Waals surface area contributed by atoms with Crippen LogP contribution in [-0.2, 0) is 13.6 Å². The number of benzene rings is 1. The molecule has 2 aromatic heterocycles. The summed E-state index contributed by atoms with van der Waals surface area (Å²) in [6, 6.07) is 8.20. The van der Waals surface area contributed by atoms with Crippen molar-refractivity contribution in [3.8, 4) is 0 Å². The fraction of sp³-hybridized carbons (Fsp3) is 0.500. The smallest absolute Gasteiger partial charge is 0.253 e. The Kier molecular flexibility index (Phi) is 5.78. The Morgan fingerprint density at radius 3 is 2.38 bits per heavy atom. The van der Waals surface area contributed by atoms with E-state index in [1.807, 2.05) is 37.2 Å². The van der Waals surface area contributed by atoms with Crippen LogP contribution in [0.1, 0.15) is 41.0 Å². The van der Waals surface area contributed by atoms with E-state index in [1.165, 1.54) is 37.9 Å². The summed E-state index contributed by atoms with van der Waals surface area (Å²) in [7, 11) is 1.90. The van der Waals surface area contributed by atoms with E-state index in [0.717, 1.165) is 47.9 Å². The molecule has 0 aliphatic carbocycles. The molecule has 0 spiro atoms. The Balaban J connectivity index is 1.22. The van der Waals surface area contributed by atoms with Crippen LogP contribution in [0.15, 0.2) is 30.5 Å². The molecule has 0 bridgehead atoms. The van der Waals surface area contributed by atoms with E-state index in [0.29, 0.717) is 13.1 Å². The van der Waals surface area contributed by atoms with Crippen LogP contribution in [0.3, 0.4) is 0 Å². The van der Waals surface area contributed by atoms with Crippen molar-refractivity contribution in [1.29, 1.82) is 0 Å². The number of anilines is 1. The number of piperazine rings is 1. The van der Waals surface area contributed by atoms with Crippen LogP contribution in [0.25, 0.3) is 11.0 Å². The van der Waals surface area contributed by atoms with E-state index in [-0.39, 0.29) is 5.91 Å². The second-order valence-corrected chi connectivity index (χ2v) is 8.91. The van der Waals surface area contributed by atoms with Crippen molar-refractivity contribution in [1.82, 2.24) is 29.5 Å². The van der Waals surface area contributed by atoms with Gasteiger partial charge in [0.2, 0.25) is 0 Å². The minimum absolute atomic E-state index is 0.111. The molecule has 1 aromatic carbocycles. The van der Waals surface area contributed by atoms with Crippen molar-refractivity contribution in [3.63, 3.8) is 0 Å². The molecule has 32 heavy (non-hydrogen) atoms. The highest BCUT2D eigenvalue weighted by Gasteiger charge is 2.25. The number of likely N-dealkylation sites (tertiary alicyclic amines) is 1. The number of nitrogens with zero attached hydrogens (tertiary/aromatic N) is 7. The molecule has 2 fully saturated rings. The number of hydrogen-bond acceptors (Lipinski definition) is 6. The third-order valence-corrected chi connectivity index (χ3v) is 6.61. The molecule has 2 aliphatic rings. The molecular formula is C24H31N7O. The average Bonchev–Trinajstić information content (AvgIpc) is 3.20. The fourth-order valence-corrected chi connectivity index (χ4v) is 4.79. The normalized spacial score (nSPS) is 17.8. The fourth-order valence-electron chi connectivity index (χ4n) is 4.79. The third-order valence-electron chi connectivity index (χ3n) is 6.61. The molecule has 0 radical (unpaired) electrons. The second kappa shape index (κ2) is 8.86. The van der Waals surface area contributed by atoms with E-state index in [2.05, 4.69) is 37.0 Å². The molecule has 2 saturated heterocycles. The molecule has 8 heteroatoms. The average molecular weight is 434 g/mol. The lowest BCUT2D eigenvalue weighted by molar-refractivity contribution is 0.0746. The number of piperidine rings is 1. The van der Waals surface area contributed by atoms with Crippen molar-refractivity contribution < 1.29 is 4.79 Å². The summed E-state index contributed by atoms with van der Waals surface area (Å²) in [6.45, 7) is 8.11. The summed E-state index contributed by atoms with van der Waals surface area (Å²) in [6.07, 6.45) is 5.76. The largest absolute Gasteiger partial charge is 0.352 e. The first-order valence-corrected chi connectivity index (χ1v) is 11.6. The highest BCUT2D eigenvalue weighted by molar-refractivity contribution is 5.94. The van der Waals surface area contributed by atoms with Crippen LogP contribution >= 0.6 is 0 Å². The molecular weight excluding hydrogens is 402 g/mol. The van der Waals surface area contributed by atoms with Gasteiger partial charge in [-0.3, -0.25) is 14.4 Å². The molecule has 168 valence electrons. The predicted octanol–water partition coefficient (Wildman–Crippen LogP) is 2.62. The third kappa shape index (κ3) is 4.19. The van der Waals surface area contributed by atoms with Gasteiger partial charge in [0, 0.05) is 45.3 Å². The number of aryl methyl sites for hydroxylation is 2. The Morgan fingerprint density at radius 2 is 1.66 bits per heavy atom. The molecule has 5 rings (SSSR count). The van der Waals surface area contributed by atoms with Gasteiger partial charge < -0.3 is 9.80 Å². The highest BCUT2D eigenvalue weighted by atomic mass is 16.2. The Hall–Kier alpha value is -3.00. The first-order chi connectivity index (χ1) is 15.6. The van der Waals surface area contributed by atoms with Gasteiger partial charge in [0.05, 0.1) is 11.6 Å². The number of fused-ring (bicyclic) bond motifs is 1. The molecule has 2 aliphatic heterocycles. The summed E-state index contributed by atoms with van der Waals surface area (Å²) >= 11 is 0. The van der Waals surface area contributed by atoms with E-state index < -0.39 is 0 Å². The predicted molar refractivity (Wildman–Crippen MR) is 125 cm³/mol. The Labute approximate surface area is 188 Å². The minimum atomic E-state index is 0.111. The van der Waals surface area contributed by atoms with Crippen LogP contribution in [0, 0.1) is 6.92 Å². The number of aromatic nitrogens is 4. The van der Waals surface area contributed by atoms with Crippen LogP contribution in [0.4, 0.5) is 5.82 Å². The van der Waals surface area contributed by atoms with Gasteiger partial charge in [-0.05, 0) is 50.6 Å². The van der Waals surface area contributed by atoms with Gasteiger partial charge in [0.25, 0.3) is 5.91 Å². The molecule has 0 unspecified atom stereocenters. The second-order valence-electron chi connectivity index (χ2n) is 8.91. The molecule has 4 heterocycles. The van der Waals surface area contributed by atoms with Crippen molar-refractivity contribution >= 4 is 22.8 Å². The van der Waals surface area contributed by atoms with Crippen molar-refractivity contribution in [2.24, 2.45) is 7.05 Å². The summed E-state index contributed by atoms with van der Waals surface area (Å²) in [5.74, 6) is 1.76. The van der Waals surface area contributed by atoms with Crippen molar-refractivity contribution in [2.75, 3.05) is 44.2 Å². The number of carbonyl (C=O) groups is 1. The molecule has 8 nitrogen and oxygen atoms in total. The standard InChI is InChI=1S/C24H31N7O/c1-18-26-22-21(16-25-28(22)2)23(27-18)30-12-14-31(15-13-30)24(32)20-8-6-19(7-9-20)17-29-10-4-3-5-11-29/h6-9,16H,3-5,10-15,17H2,1-2H3. The lowest BCUT2D eigenvalue weighted by Crippen LogP contribution is -2.49. The summed E-state index contributed by atoms with van der Waals surface area (Å²) in [5.41, 5.74) is 2.90. The van der Waals surface area contributed by atoms with Gasteiger partial charge in [0.15, 0.2) is 5.65 Å². The van der Waals surface area contributed by atoms with Gasteiger partial charge in [-0.15, -0.1) is 0 Å². The summed E-state index contributed by atoms with van der Waals surface area (Å²) in [4.78, 5) is 29.0. The molecule has 0 saturated carbocycles. The SMILES string of the molecule is Cc1nc(N2CCN(C(=O)c3ccc(CN4CCCCC4)cc3)CC2)c2cnn(C)c2n1. The Bertz CT molecular complexity index is 1090. The van der Waals surface area contributed by atoms with E-state index in [1.54, 1.807) is 4.68 Å². The topological polar surface area (TPSA) is 70.4 Å². The number of carbonyl (C=O) groups excluding carboxylic acids is 1. The zero-order valence-electron chi connectivity index (χ0n) is 19.0. The first kappa shape index (κ1) is 20.9. The molecule has 1 amide bonds. The van der Waals surface area contributed by atoms with Gasteiger partial charge in [-0.1, -0.05) is 18.6 Å². The van der Waals surface area contributed by atoms with Crippen molar-refractivity contribution in [2.45, 2.75) is 32.7 Å².